The molecule has 7 heteroatoms. The lowest BCUT2D eigenvalue weighted by molar-refractivity contribution is 0.285. The maximum Gasteiger partial charge on any atom is 0.245 e. The van der Waals surface area contributed by atoms with Crippen molar-refractivity contribution in [3.8, 4) is 0 Å². The number of sulfonamides is 1. The Labute approximate surface area is 117 Å². The van der Waals surface area contributed by atoms with Crippen molar-refractivity contribution < 1.29 is 13.0 Å². The van der Waals surface area contributed by atoms with Gasteiger partial charge in [-0.3, -0.25) is 0 Å². The van der Waals surface area contributed by atoms with Gasteiger partial charge in [0, 0.05) is 13.1 Å². The molecule has 1 aliphatic carbocycles. The van der Waals surface area contributed by atoms with Crippen LogP contribution in [0.4, 0.5) is 0 Å². The molecule has 1 aromatic heterocycles. The summed E-state index contributed by atoms with van der Waals surface area (Å²) in [4.78, 5) is 0.171. The van der Waals surface area contributed by atoms with Gasteiger partial charge in [-0.15, -0.1) is 0 Å². The highest BCUT2D eigenvalue weighted by molar-refractivity contribution is 7.89. The highest BCUT2D eigenvalue weighted by atomic mass is 32.2. The second-order valence-corrected chi connectivity index (χ2v) is 7.17. The van der Waals surface area contributed by atoms with Gasteiger partial charge >= 0.3 is 0 Å². The molecule has 3 rings (SSSR count). The quantitative estimate of drug-likeness (QED) is 0.867. The molecule has 2 aromatic rings. The summed E-state index contributed by atoms with van der Waals surface area (Å²) in [6.45, 7) is 0. The second-order valence-electron chi connectivity index (χ2n) is 5.20. The standard InChI is InChI=1S/C13H17N3O3S/c1-16(10-6-3-2-4-7-10)20(17,18)12-9-5-8-11-13(12)15-19-14-11/h5,8-10H,2-4,6-7H2,1H3. The van der Waals surface area contributed by atoms with Crippen molar-refractivity contribution in [2.75, 3.05) is 7.05 Å². The molecule has 0 atom stereocenters. The minimum absolute atomic E-state index is 0.0730. The van der Waals surface area contributed by atoms with E-state index in [2.05, 4.69) is 14.9 Å². The predicted octanol–water partition coefficient (Wildman–Crippen LogP) is 2.18. The molecule has 0 bridgehead atoms. The maximum atomic E-state index is 12.8. The van der Waals surface area contributed by atoms with Crippen molar-refractivity contribution in [2.24, 2.45) is 0 Å². The summed E-state index contributed by atoms with van der Waals surface area (Å²) in [6, 6.07) is 4.98. The number of fused-ring (bicyclic) bond motifs is 1. The molecule has 1 fully saturated rings. The molecule has 0 unspecified atom stereocenters. The van der Waals surface area contributed by atoms with Gasteiger partial charge in [0.25, 0.3) is 0 Å². The Morgan fingerprint density at radius 3 is 2.70 bits per heavy atom. The molecule has 108 valence electrons. The molecule has 1 heterocycles. The minimum Gasteiger partial charge on any atom is -0.243 e. The molecule has 1 aliphatic rings. The van der Waals surface area contributed by atoms with Crippen LogP contribution < -0.4 is 0 Å². The SMILES string of the molecule is CN(C1CCCCC1)S(=O)(=O)c1cccc2nonc12. The summed E-state index contributed by atoms with van der Waals surface area (Å²) in [5, 5.41) is 7.42. The van der Waals surface area contributed by atoms with Crippen molar-refractivity contribution in [1.29, 1.82) is 0 Å². The average molecular weight is 295 g/mol. The van der Waals surface area contributed by atoms with E-state index in [9.17, 15) is 8.42 Å². The van der Waals surface area contributed by atoms with E-state index in [1.54, 1.807) is 25.2 Å². The molecule has 6 nitrogen and oxygen atoms in total. The first-order chi connectivity index (χ1) is 9.60. The van der Waals surface area contributed by atoms with E-state index >= 15 is 0 Å². The van der Waals surface area contributed by atoms with Gasteiger partial charge in [0.2, 0.25) is 10.0 Å². The lowest BCUT2D eigenvalue weighted by Crippen LogP contribution is -2.38. The normalized spacial score (nSPS) is 17.9. The molecule has 0 N–H and O–H groups in total. The summed E-state index contributed by atoms with van der Waals surface area (Å²) in [5.74, 6) is 0. The maximum absolute atomic E-state index is 12.8. The van der Waals surface area contributed by atoms with E-state index in [-0.39, 0.29) is 10.9 Å². The topological polar surface area (TPSA) is 76.3 Å². The van der Waals surface area contributed by atoms with E-state index in [1.165, 1.54) is 10.7 Å². The van der Waals surface area contributed by atoms with Crippen LogP contribution in [-0.2, 0) is 10.0 Å². The number of nitrogens with zero attached hydrogens (tertiary/aromatic N) is 3. The summed E-state index contributed by atoms with van der Waals surface area (Å²) in [7, 11) is -1.91. The van der Waals surface area contributed by atoms with Gasteiger partial charge in [-0.05, 0) is 35.3 Å². The van der Waals surface area contributed by atoms with Gasteiger partial charge in [0.05, 0.1) is 0 Å². The predicted molar refractivity (Wildman–Crippen MR) is 73.6 cm³/mol. The van der Waals surface area contributed by atoms with Crippen LogP contribution >= 0.6 is 0 Å². The van der Waals surface area contributed by atoms with Crippen LogP contribution in [0.3, 0.4) is 0 Å². The average Bonchev–Trinajstić information content (AvgIpc) is 2.95. The summed E-state index contributed by atoms with van der Waals surface area (Å²) >= 11 is 0. The number of aromatic nitrogens is 2. The molecule has 0 aliphatic heterocycles. The second kappa shape index (κ2) is 5.14. The van der Waals surface area contributed by atoms with Crippen LogP contribution in [0.25, 0.3) is 11.0 Å². The van der Waals surface area contributed by atoms with Crippen LogP contribution in [-0.4, -0.2) is 36.1 Å². The Kier molecular flexibility index (Phi) is 3.47. The Morgan fingerprint density at radius 1 is 1.20 bits per heavy atom. The van der Waals surface area contributed by atoms with Crippen LogP contribution in [0.2, 0.25) is 0 Å². The Morgan fingerprint density at radius 2 is 1.95 bits per heavy atom. The van der Waals surface area contributed by atoms with Gasteiger partial charge in [-0.1, -0.05) is 25.3 Å². The van der Waals surface area contributed by atoms with E-state index in [4.69, 9.17) is 0 Å². The molecule has 0 spiro atoms. The van der Waals surface area contributed by atoms with Gasteiger partial charge in [-0.25, -0.2) is 13.0 Å². The molecule has 1 aromatic carbocycles. The number of benzene rings is 1. The summed E-state index contributed by atoms with van der Waals surface area (Å²) < 4.78 is 31.6. The largest absolute Gasteiger partial charge is 0.245 e. The number of hydrogen-bond acceptors (Lipinski definition) is 5. The van der Waals surface area contributed by atoms with Gasteiger partial charge in [0.1, 0.15) is 10.4 Å². The number of rotatable bonds is 3. The Hall–Kier alpha value is -1.47. The molecule has 1 saturated carbocycles. The van der Waals surface area contributed by atoms with E-state index < -0.39 is 10.0 Å². The monoisotopic (exact) mass is 295 g/mol. The number of hydrogen-bond donors (Lipinski definition) is 0. The lowest BCUT2D eigenvalue weighted by Gasteiger charge is -2.30. The van der Waals surface area contributed by atoms with Crippen molar-refractivity contribution in [3.05, 3.63) is 18.2 Å². The molecular weight excluding hydrogens is 278 g/mol. The van der Waals surface area contributed by atoms with Crippen LogP contribution in [0.1, 0.15) is 32.1 Å². The first-order valence-electron chi connectivity index (χ1n) is 6.80. The first kappa shape index (κ1) is 13.5. The zero-order chi connectivity index (χ0) is 14.2. The van der Waals surface area contributed by atoms with E-state index in [1.807, 2.05) is 0 Å². The van der Waals surface area contributed by atoms with Crippen LogP contribution in [0.15, 0.2) is 27.7 Å². The minimum atomic E-state index is -3.56. The third-order valence-corrected chi connectivity index (χ3v) is 5.94. The molecule has 0 saturated heterocycles. The Bertz CT molecular complexity index is 704. The van der Waals surface area contributed by atoms with E-state index in [0.717, 1.165) is 25.7 Å². The fraction of sp³-hybridized carbons (Fsp3) is 0.538. The van der Waals surface area contributed by atoms with Gasteiger partial charge < -0.3 is 0 Å². The molecule has 20 heavy (non-hydrogen) atoms. The lowest BCUT2D eigenvalue weighted by atomic mass is 9.96. The smallest absolute Gasteiger partial charge is 0.243 e. The highest BCUT2D eigenvalue weighted by Crippen LogP contribution is 2.28. The molecule has 0 radical (unpaired) electrons. The van der Waals surface area contributed by atoms with E-state index in [0.29, 0.717) is 11.0 Å². The third kappa shape index (κ3) is 2.20. The highest BCUT2D eigenvalue weighted by Gasteiger charge is 2.31. The summed E-state index contributed by atoms with van der Waals surface area (Å²) in [6.07, 6.45) is 5.19. The van der Waals surface area contributed by atoms with Crippen molar-refractivity contribution >= 4 is 21.1 Å². The third-order valence-electron chi connectivity index (χ3n) is 3.99. The molecular formula is C13H17N3O3S. The van der Waals surface area contributed by atoms with Gasteiger partial charge in [-0.2, -0.15) is 4.31 Å². The zero-order valence-corrected chi connectivity index (χ0v) is 12.1. The van der Waals surface area contributed by atoms with Crippen molar-refractivity contribution in [2.45, 2.75) is 43.0 Å². The van der Waals surface area contributed by atoms with Gasteiger partial charge in [0.15, 0.2) is 5.52 Å². The fourth-order valence-corrected chi connectivity index (χ4v) is 4.34. The molecule has 0 amide bonds. The van der Waals surface area contributed by atoms with Crippen LogP contribution in [0, 0.1) is 0 Å². The van der Waals surface area contributed by atoms with Crippen molar-refractivity contribution in [1.82, 2.24) is 14.6 Å². The van der Waals surface area contributed by atoms with Crippen molar-refractivity contribution in [3.63, 3.8) is 0 Å². The zero-order valence-electron chi connectivity index (χ0n) is 11.3. The fourth-order valence-electron chi connectivity index (χ4n) is 2.79. The first-order valence-corrected chi connectivity index (χ1v) is 8.24. The summed E-state index contributed by atoms with van der Waals surface area (Å²) in [5.41, 5.74) is 0.762. The Balaban J connectivity index is 2.00. The van der Waals surface area contributed by atoms with Crippen LogP contribution in [0.5, 0.6) is 0 Å².